The Labute approximate surface area is 203 Å². The van der Waals surface area contributed by atoms with E-state index in [9.17, 15) is 27.2 Å². The minimum atomic E-state index is -4.83. The van der Waals surface area contributed by atoms with Gasteiger partial charge in [0.2, 0.25) is 0 Å². The number of anilines is 1. The van der Waals surface area contributed by atoms with Crippen molar-refractivity contribution in [2.24, 2.45) is 0 Å². The number of carbonyl (C=O) groups excluding carboxylic acids is 1. The molecule has 1 aliphatic rings. The molecule has 3 atom stereocenters. The third kappa shape index (κ3) is 5.18. The molecular formula is C24H25F4N5O3. The molecule has 1 saturated heterocycles. The Hall–Kier alpha value is -3.54. The first kappa shape index (κ1) is 25.5. The first-order chi connectivity index (χ1) is 16.8. The number of hydrogen-bond acceptors (Lipinski definition) is 6. The Morgan fingerprint density at radius 3 is 2.47 bits per heavy atom. The van der Waals surface area contributed by atoms with E-state index >= 15 is 0 Å². The predicted molar refractivity (Wildman–Crippen MR) is 124 cm³/mol. The van der Waals surface area contributed by atoms with Crippen LogP contribution < -0.4 is 10.9 Å². The number of benzene rings is 1. The standard InChI is InChI=1S/C24H25F4N5O3/c1-11-9-33(10-12(2)36-11)23(35)15-5-6-19(18(25)7-15)29-13(3)16-8-17-21(30-14(4)31-22(17)34)32-20(16)24(26,27)28/h5-8,11-13,29H,9-10H2,1-4H3,(H,30,31,32,34)/t11-,12+,13-/m0/s1. The fraction of sp³-hybridized carbons (Fsp3) is 0.417. The molecule has 0 saturated carbocycles. The molecule has 8 nitrogen and oxygen atoms in total. The number of aryl methyl sites for hydroxylation is 1. The van der Waals surface area contributed by atoms with Crippen LogP contribution in [-0.4, -0.2) is 51.1 Å². The lowest BCUT2D eigenvalue weighted by Crippen LogP contribution is -2.48. The Bertz CT molecular complexity index is 1360. The lowest BCUT2D eigenvalue weighted by Gasteiger charge is -2.35. The molecule has 2 N–H and O–H groups in total. The maximum Gasteiger partial charge on any atom is 0.433 e. The van der Waals surface area contributed by atoms with Gasteiger partial charge in [0.25, 0.3) is 11.5 Å². The van der Waals surface area contributed by atoms with Crippen LogP contribution in [0.2, 0.25) is 0 Å². The average molecular weight is 507 g/mol. The second-order valence-electron chi connectivity index (χ2n) is 8.97. The number of nitrogens with one attached hydrogen (secondary N) is 2. The van der Waals surface area contributed by atoms with E-state index in [2.05, 4.69) is 20.3 Å². The molecule has 1 fully saturated rings. The van der Waals surface area contributed by atoms with Gasteiger partial charge in [0.1, 0.15) is 11.6 Å². The molecule has 0 aliphatic carbocycles. The predicted octanol–water partition coefficient (Wildman–Crippen LogP) is 4.21. The molecule has 2 aromatic heterocycles. The summed E-state index contributed by atoms with van der Waals surface area (Å²) in [6.07, 6.45) is -5.15. The summed E-state index contributed by atoms with van der Waals surface area (Å²) in [5.74, 6) is -1.04. The van der Waals surface area contributed by atoms with Gasteiger partial charge in [0.15, 0.2) is 11.3 Å². The smallest absolute Gasteiger partial charge is 0.376 e. The number of hydrogen-bond donors (Lipinski definition) is 2. The molecule has 0 unspecified atom stereocenters. The number of morpholine rings is 1. The van der Waals surface area contributed by atoms with Crippen molar-refractivity contribution in [3.05, 3.63) is 63.1 Å². The maximum atomic E-state index is 14.9. The number of rotatable bonds is 4. The van der Waals surface area contributed by atoms with Crippen LogP contribution in [0.25, 0.3) is 11.0 Å². The van der Waals surface area contributed by atoms with Crippen molar-refractivity contribution < 1.29 is 27.1 Å². The summed E-state index contributed by atoms with van der Waals surface area (Å²) >= 11 is 0. The number of nitrogens with zero attached hydrogens (tertiary/aromatic N) is 3. The average Bonchev–Trinajstić information content (AvgIpc) is 2.77. The number of halogens is 4. The van der Waals surface area contributed by atoms with Crippen LogP contribution in [0.5, 0.6) is 0 Å². The van der Waals surface area contributed by atoms with Gasteiger partial charge in [-0.15, -0.1) is 0 Å². The maximum absolute atomic E-state index is 14.9. The highest BCUT2D eigenvalue weighted by Crippen LogP contribution is 2.35. The van der Waals surface area contributed by atoms with Crippen LogP contribution >= 0.6 is 0 Å². The van der Waals surface area contributed by atoms with Gasteiger partial charge in [0.05, 0.1) is 29.3 Å². The van der Waals surface area contributed by atoms with Gasteiger partial charge in [-0.3, -0.25) is 9.59 Å². The van der Waals surface area contributed by atoms with Crippen molar-refractivity contribution in [1.29, 1.82) is 0 Å². The summed E-state index contributed by atoms with van der Waals surface area (Å²) in [7, 11) is 0. The van der Waals surface area contributed by atoms with Gasteiger partial charge >= 0.3 is 6.18 Å². The van der Waals surface area contributed by atoms with Gasteiger partial charge in [-0.2, -0.15) is 13.2 Å². The number of H-pyrrole nitrogens is 1. The Kier molecular flexibility index (Phi) is 6.74. The van der Waals surface area contributed by atoms with Crippen molar-refractivity contribution in [2.75, 3.05) is 18.4 Å². The summed E-state index contributed by atoms with van der Waals surface area (Å²) < 4.78 is 62.0. The molecule has 3 aromatic rings. The van der Waals surface area contributed by atoms with Crippen molar-refractivity contribution in [3.63, 3.8) is 0 Å². The number of pyridine rings is 1. The van der Waals surface area contributed by atoms with Crippen molar-refractivity contribution in [3.8, 4) is 0 Å². The first-order valence-electron chi connectivity index (χ1n) is 11.3. The van der Waals surface area contributed by atoms with Crippen LogP contribution in [0.3, 0.4) is 0 Å². The third-order valence-corrected chi connectivity index (χ3v) is 5.87. The van der Waals surface area contributed by atoms with E-state index in [1.54, 1.807) is 4.90 Å². The molecule has 1 aliphatic heterocycles. The van der Waals surface area contributed by atoms with Crippen LogP contribution in [0.1, 0.15) is 54.3 Å². The lowest BCUT2D eigenvalue weighted by atomic mass is 10.0. The van der Waals surface area contributed by atoms with E-state index in [4.69, 9.17) is 4.74 Å². The highest BCUT2D eigenvalue weighted by molar-refractivity contribution is 5.94. The zero-order chi connectivity index (χ0) is 26.4. The molecular weight excluding hydrogens is 482 g/mol. The van der Waals surface area contributed by atoms with E-state index in [1.165, 1.54) is 26.0 Å². The molecule has 1 amide bonds. The summed E-state index contributed by atoms with van der Waals surface area (Å²) in [6, 6.07) is 3.72. The second-order valence-corrected chi connectivity index (χ2v) is 8.97. The van der Waals surface area contributed by atoms with Crippen LogP contribution in [0.4, 0.5) is 23.2 Å². The van der Waals surface area contributed by atoms with E-state index in [0.29, 0.717) is 13.1 Å². The Morgan fingerprint density at radius 2 is 1.86 bits per heavy atom. The van der Waals surface area contributed by atoms with E-state index in [0.717, 1.165) is 12.1 Å². The number of aromatic amines is 1. The van der Waals surface area contributed by atoms with Crippen LogP contribution in [-0.2, 0) is 10.9 Å². The SMILES string of the molecule is Cc1nc2nc(C(F)(F)F)c([C@H](C)Nc3ccc(C(=O)N4C[C@@H](C)O[C@@H](C)C4)cc3F)cc2c(=O)[nH]1. The lowest BCUT2D eigenvalue weighted by molar-refractivity contribution is -0.141. The Balaban J connectivity index is 1.63. The van der Waals surface area contributed by atoms with Gasteiger partial charge in [-0.1, -0.05) is 0 Å². The number of alkyl halides is 3. The number of ether oxygens (including phenoxy) is 1. The minimum absolute atomic E-state index is 0.105. The third-order valence-electron chi connectivity index (χ3n) is 5.87. The quantitative estimate of drug-likeness (QED) is 0.514. The van der Waals surface area contributed by atoms with Crippen molar-refractivity contribution in [1.82, 2.24) is 19.9 Å². The van der Waals surface area contributed by atoms with Gasteiger partial charge in [0, 0.05) is 24.2 Å². The van der Waals surface area contributed by atoms with Gasteiger partial charge in [-0.25, -0.2) is 14.4 Å². The number of amides is 1. The summed E-state index contributed by atoms with van der Waals surface area (Å²) in [5.41, 5.74) is -2.53. The number of fused-ring (bicyclic) bond motifs is 1. The van der Waals surface area contributed by atoms with E-state index in [-0.39, 0.29) is 51.8 Å². The van der Waals surface area contributed by atoms with Crippen LogP contribution in [0.15, 0.2) is 29.1 Å². The second kappa shape index (κ2) is 9.49. The molecule has 36 heavy (non-hydrogen) atoms. The first-order valence-corrected chi connectivity index (χ1v) is 11.3. The Morgan fingerprint density at radius 1 is 1.19 bits per heavy atom. The highest BCUT2D eigenvalue weighted by Gasteiger charge is 2.37. The van der Waals surface area contributed by atoms with Crippen LogP contribution in [0, 0.1) is 12.7 Å². The number of aromatic nitrogens is 3. The topological polar surface area (TPSA) is 100 Å². The minimum Gasteiger partial charge on any atom is -0.376 e. The van der Waals surface area contributed by atoms with Gasteiger partial charge < -0.3 is 19.9 Å². The highest BCUT2D eigenvalue weighted by atomic mass is 19.4. The molecule has 0 radical (unpaired) electrons. The van der Waals surface area contributed by atoms with E-state index in [1.807, 2.05) is 13.8 Å². The van der Waals surface area contributed by atoms with E-state index < -0.39 is 29.3 Å². The van der Waals surface area contributed by atoms with Gasteiger partial charge in [-0.05, 0) is 52.0 Å². The zero-order valence-electron chi connectivity index (χ0n) is 20.0. The summed E-state index contributed by atoms with van der Waals surface area (Å²) in [4.78, 5) is 36.6. The fourth-order valence-electron chi connectivity index (χ4n) is 4.35. The molecule has 0 spiro atoms. The molecule has 0 bridgehead atoms. The molecule has 4 rings (SSSR count). The fourth-order valence-corrected chi connectivity index (χ4v) is 4.35. The largest absolute Gasteiger partial charge is 0.433 e. The molecule has 192 valence electrons. The molecule has 3 heterocycles. The normalized spacial score (nSPS) is 19.4. The van der Waals surface area contributed by atoms with Crippen molar-refractivity contribution in [2.45, 2.75) is 52.1 Å². The molecule has 12 heteroatoms. The molecule has 1 aromatic carbocycles. The monoisotopic (exact) mass is 507 g/mol. The summed E-state index contributed by atoms with van der Waals surface area (Å²) in [6.45, 7) is 7.24. The zero-order valence-corrected chi connectivity index (χ0v) is 20.0. The number of carbonyl (C=O) groups is 1. The summed E-state index contributed by atoms with van der Waals surface area (Å²) in [5, 5.41) is 2.58. The van der Waals surface area contributed by atoms with Crippen molar-refractivity contribution >= 4 is 22.6 Å².